The normalized spacial score (nSPS) is 12.2. The van der Waals surface area contributed by atoms with Crippen LogP contribution >= 0.6 is 23.2 Å². The number of hydrogen-bond donors (Lipinski definition) is 1. The molecule has 1 N–H and O–H groups in total. The zero-order valence-corrected chi connectivity index (χ0v) is 13.6. The van der Waals surface area contributed by atoms with E-state index in [1.807, 2.05) is 19.2 Å². The molecule has 1 aromatic heterocycles. The Morgan fingerprint density at radius 1 is 1.24 bits per heavy atom. The van der Waals surface area contributed by atoms with Crippen LogP contribution < -0.4 is 10.1 Å². The van der Waals surface area contributed by atoms with E-state index < -0.39 is 0 Å². The Morgan fingerprint density at radius 3 is 2.76 bits per heavy atom. The summed E-state index contributed by atoms with van der Waals surface area (Å²) in [6.45, 7) is 2.74. The molecule has 1 heterocycles. The molecule has 0 fully saturated rings. The molecule has 0 aliphatic carbocycles. The highest BCUT2D eigenvalue weighted by atomic mass is 35.5. The van der Waals surface area contributed by atoms with E-state index in [1.165, 1.54) is 0 Å². The van der Waals surface area contributed by atoms with E-state index in [-0.39, 0.29) is 6.04 Å². The van der Waals surface area contributed by atoms with Gasteiger partial charge in [-0.3, -0.25) is 4.98 Å². The summed E-state index contributed by atoms with van der Waals surface area (Å²) in [5, 5.41) is 4.57. The lowest BCUT2D eigenvalue weighted by atomic mass is 10.00. The van der Waals surface area contributed by atoms with Crippen LogP contribution in [0.25, 0.3) is 0 Å². The second-order valence-electron chi connectivity index (χ2n) is 4.69. The van der Waals surface area contributed by atoms with Crippen molar-refractivity contribution in [1.82, 2.24) is 10.3 Å². The lowest BCUT2D eigenvalue weighted by molar-refractivity contribution is 0.315. The number of halogens is 2. The van der Waals surface area contributed by atoms with Crippen LogP contribution in [0.1, 0.15) is 30.5 Å². The molecule has 0 aliphatic heterocycles. The number of rotatable bonds is 6. The predicted molar refractivity (Wildman–Crippen MR) is 87.4 cm³/mol. The van der Waals surface area contributed by atoms with Gasteiger partial charge in [-0.15, -0.1) is 0 Å². The van der Waals surface area contributed by atoms with Gasteiger partial charge >= 0.3 is 0 Å². The molecule has 0 saturated heterocycles. The third-order valence-corrected chi connectivity index (χ3v) is 3.68. The first kappa shape index (κ1) is 16.1. The van der Waals surface area contributed by atoms with Gasteiger partial charge in [-0.2, -0.15) is 0 Å². The van der Waals surface area contributed by atoms with Crippen LogP contribution in [0.2, 0.25) is 10.0 Å². The average Bonchev–Trinajstić information content (AvgIpc) is 2.50. The Hall–Kier alpha value is -1.29. The minimum atomic E-state index is -0.0890. The van der Waals surface area contributed by atoms with Crippen molar-refractivity contribution in [2.75, 3.05) is 13.7 Å². The van der Waals surface area contributed by atoms with Gasteiger partial charge in [0.1, 0.15) is 5.75 Å². The Labute approximate surface area is 135 Å². The maximum atomic E-state index is 6.29. The maximum Gasteiger partial charge on any atom is 0.137 e. The van der Waals surface area contributed by atoms with Crippen molar-refractivity contribution in [1.29, 1.82) is 0 Å². The van der Waals surface area contributed by atoms with Gasteiger partial charge in [-0.25, -0.2) is 0 Å². The first-order valence-electron chi connectivity index (χ1n) is 6.85. The van der Waals surface area contributed by atoms with Crippen LogP contribution in [0.3, 0.4) is 0 Å². The predicted octanol–water partition coefficient (Wildman–Crippen LogP) is 4.49. The van der Waals surface area contributed by atoms with Crippen LogP contribution in [0.4, 0.5) is 0 Å². The number of ether oxygens (including phenoxy) is 1. The molecule has 5 heteroatoms. The van der Waals surface area contributed by atoms with E-state index in [0.29, 0.717) is 16.7 Å². The van der Waals surface area contributed by atoms with Crippen LogP contribution in [-0.2, 0) is 0 Å². The van der Waals surface area contributed by atoms with Crippen molar-refractivity contribution in [2.45, 2.75) is 19.4 Å². The van der Waals surface area contributed by atoms with Crippen LogP contribution in [-0.4, -0.2) is 18.6 Å². The number of nitrogens with one attached hydrogen (secondary N) is 1. The molecule has 1 atom stereocenters. The number of hydrogen-bond acceptors (Lipinski definition) is 3. The largest absolute Gasteiger partial charge is 0.492 e. The molecule has 0 bridgehead atoms. The first-order chi connectivity index (χ1) is 10.2. The van der Waals surface area contributed by atoms with E-state index in [4.69, 9.17) is 27.9 Å². The van der Waals surface area contributed by atoms with Gasteiger partial charge in [0.05, 0.1) is 18.8 Å². The van der Waals surface area contributed by atoms with Gasteiger partial charge in [0.25, 0.3) is 0 Å². The first-order valence-corrected chi connectivity index (χ1v) is 7.61. The Balaban J connectivity index is 2.34. The van der Waals surface area contributed by atoms with Gasteiger partial charge in [0.2, 0.25) is 0 Å². The SMILES string of the molecule is CCCOc1cncc(C(NC)c2cc(Cl)ccc2Cl)c1. The number of pyridine rings is 1. The van der Waals surface area contributed by atoms with Gasteiger partial charge in [0.15, 0.2) is 0 Å². The van der Waals surface area contributed by atoms with Crippen molar-refractivity contribution >= 4 is 23.2 Å². The lowest BCUT2D eigenvalue weighted by Crippen LogP contribution is -2.18. The Kier molecular flexibility index (Phi) is 5.85. The van der Waals surface area contributed by atoms with E-state index in [2.05, 4.69) is 17.2 Å². The van der Waals surface area contributed by atoms with Crippen LogP contribution in [0.5, 0.6) is 5.75 Å². The second kappa shape index (κ2) is 7.64. The fraction of sp³-hybridized carbons (Fsp3) is 0.312. The summed E-state index contributed by atoms with van der Waals surface area (Å²) >= 11 is 12.4. The van der Waals surface area contributed by atoms with Crippen molar-refractivity contribution in [3.8, 4) is 5.75 Å². The molecule has 2 aromatic rings. The van der Waals surface area contributed by atoms with Crippen LogP contribution in [0, 0.1) is 0 Å². The summed E-state index contributed by atoms with van der Waals surface area (Å²) in [7, 11) is 1.88. The van der Waals surface area contributed by atoms with E-state index in [9.17, 15) is 0 Å². The molecule has 112 valence electrons. The molecular weight excluding hydrogens is 307 g/mol. The molecule has 0 aliphatic rings. The second-order valence-corrected chi connectivity index (χ2v) is 5.53. The molecule has 1 unspecified atom stereocenters. The molecule has 2 rings (SSSR count). The quantitative estimate of drug-likeness (QED) is 0.850. The standard InChI is InChI=1S/C16H18Cl2N2O/c1-3-6-21-13-7-11(9-20-10-13)16(19-2)14-8-12(17)4-5-15(14)18/h4-5,7-10,16,19H,3,6H2,1-2H3. The van der Waals surface area contributed by atoms with Gasteiger partial charge in [-0.05, 0) is 48.9 Å². The summed E-state index contributed by atoms with van der Waals surface area (Å²) in [5.74, 6) is 0.757. The topological polar surface area (TPSA) is 34.1 Å². The van der Waals surface area contributed by atoms with Crippen LogP contribution in [0.15, 0.2) is 36.7 Å². The maximum absolute atomic E-state index is 6.29. The molecule has 0 amide bonds. The summed E-state index contributed by atoms with van der Waals surface area (Å²) < 4.78 is 5.63. The molecule has 21 heavy (non-hydrogen) atoms. The Morgan fingerprint density at radius 2 is 2.05 bits per heavy atom. The molecule has 0 radical (unpaired) electrons. The van der Waals surface area contributed by atoms with E-state index >= 15 is 0 Å². The fourth-order valence-corrected chi connectivity index (χ4v) is 2.54. The minimum absolute atomic E-state index is 0.0890. The van der Waals surface area contributed by atoms with Crippen molar-refractivity contribution < 1.29 is 4.74 Å². The average molecular weight is 325 g/mol. The summed E-state index contributed by atoms with van der Waals surface area (Å²) in [5.41, 5.74) is 1.90. The van der Waals surface area contributed by atoms with Crippen molar-refractivity contribution in [2.24, 2.45) is 0 Å². The van der Waals surface area contributed by atoms with Gasteiger partial charge in [0, 0.05) is 16.2 Å². The molecular formula is C16H18Cl2N2O. The molecule has 0 spiro atoms. The zero-order valence-electron chi connectivity index (χ0n) is 12.1. The highest BCUT2D eigenvalue weighted by Gasteiger charge is 2.16. The third-order valence-electron chi connectivity index (χ3n) is 3.10. The number of aromatic nitrogens is 1. The van der Waals surface area contributed by atoms with Gasteiger partial charge in [-0.1, -0.05) is 30.1 Å². The fourth-order valence-electron chi connectivity index (χ4n) is 2.13. The number of nitrogens with zero attached hydrogens (tertiary/aromatic N) is 1. The summed E-state index contributed by atoms with van der Waals surface area (Å²) in [6.07, 6.45) is 4.47. The van der Waals surface area contributed by atoms with Crippen molar-refractivity contribution in [3.05, 3.63) is 57.8 Å². The highest BCUT2D eigenvalue weighted by Crippen LogP contribution is 2.31. The molecule has 0 saturated carbocycles. The summed E-state index contributed by atoms with van der Waals surface area (Å²) in [4.78, 5) is 4.24. The molecule has 3 nitrogen and oxygen atoms in total. The van der Waals surface area contributed by atoms with Gasteiger partial charge < -0.3 is 10.1 Å². The van der Waals surface area contributed by atoms with E-state index in [0.717, 1.165) is 23.3 Å². The lowest BCUT2D eigenvalue weighted by Gasteiger charge is -2.19. The summed E-state index contributed by atoms with van der Waals surface area (Å²) in [6, 6.07) is 7.33. The highest BCUT2D eigenvalue weighted by molar-refractivity contribution is 6.33. The minimum Gasteiger partial charge on any atom is -0.492 e. The Bertz CT molecular complexity index is 605. The monoisotopic (exact) mass is 324 g/mol. The smallest absolute Gasteiger partial charge is 0.137 e. The van der Waals surface area contributed by atoms with E-state index in [1.54, 1.807) is 24.5 Å². The molecule has 1 aromatic carbocycles. The zero-order chi connectivity index (χ0) is 15.2. The number of benzene rings is 1. The van der Waals surface area contributed by atoms with Crippen molar-refractivity contribution in [3.63, 3.8) is 0 Å². The third kappa shape index (κ3) is 4.10.